The Bertz CT molecular complexity index is 401. The van der Waals surface area contributed by atoms with Crippen LogP contribution in [-0.4, -0.2) is 35.4 Å². The SMILES string of the molecule is CCNc1ccncc1C(=O)N(C)C1CCC1. The third kappa shape index (κ3) is 2.40. The number of nitrogens with one attached hydrogen (secondary N) is 1. The molecule has 1 heterocycles. The standard InChI is InChI=1S/C13H19N3O/c1-3-15-12-7-8-14-9-11(12)13(17)16(2)10-5-4-6-10/h7-10H,3-6H2,1-2H3,(H,14,15). The molecule has 1 aliphatic carbocycles. The van der Waals surface area contributed by atoms with Gasteiger partial charge in [-0.15, -0.1) is 0 Å². The van der Waals surface area contributed by atoms with Crippen LogP contribution in [0.5, 0.6) is 0 Å². The fraction of sp³-hybridized carbons (Fsp3) is 0.538. The van der Waals surface area contributed by atoms with Crippen LogP contribution in [0.15, 0.2) is 18.5 Å². The van der Waals surface area contributed by atoms with Gasteiger partial charge in [-0.3, -0.25) is 9.78 Å². The third-order valence-electron chi connectivity index (χ3n) is 3.36. The predicted octanol–water partition coefficient (Wildman–Crippen LogP) is 2.14. The van der Waals surface area contributed by atoms with Gasteiger partial charge >= 0.3 is 0 Å². The van der Waals surface area contributed by atoms with Crippen molar-refractivity contribution in [1.82, 2.24) is 9.88 Å². The van der Waals surface area contributed by atoms with Gasteiger partial charge in [0.25, 0.3) is 5.91 Å². The Morgan fingerprint density at radius 1 is 1.59 bits per heavy atom. The second kappa shape index (κ2) is 5.17. The summed E-state index contributed by atoms with van der Waals surface area (Å²) < 4.78 is 0. The highest BCUT2D eigenvalue weighted by Gasteiger charge is 2.27. The highest BCUT2D eigenvalue weighted by atomic mass is 16.2. The van der Waals surface area contributed by atoms with E-state index in [1.54, 1.807) is 12.4 Å². The van der Waals surface area contributed by atoms with Gasteiger partial charge in [0.2, 0.25) is 0 Å². The molecule has 1 fully saturated rings. The fourth-order valence-electron chi connectivity index (χ4n) is 2.04. The summed E-state index contributed by atoms with van der Waals surface area (Å²) in [7, 11) is 1.88. The van der Waals surface area contributed by atoms with E-state index in [2.05, 4.69) is 10.3 Å². The molecule has 4 heteroatoms. The van der Waals surface area contributed by atoms with E-state index in [9.17, 15) is 4.79 Å². The number of hydrogen-bond donors (Lipinski definition) is 1. The van der Waals surface area contributed by atoms with Gasteiger partial charge in [0.05, 0.1) is 11.3 Å². The van der Waals surface area contributed by atoms with Crippen molar-refractivity contribution in [1.29, 1.82) is 0 Å². The number of rotatable bonds is 4. The number of carbonyl (C=O) groups is 1. The molecule has 0 aliphatic heterocycles. The number of aromatic nitrogens is 1. The van der Waals surface area contributed by atoms with Crippen LogP contribution in [0.2, 0.25) is 0 Å². The Labute approximate surface area is 102 Å². The molecule has 0 saturated heterocycles. The lowest BCUT2D eigenvalue weighted by molar-refractivity contribution is 0.0652. The zero-order valence-corrected chi connectivity index (χ0v) is 10.4. The molecule has 0 spiro atoms. The third-order valence-corrected chi connectivity index (χ3v) is 3.36. The Balaban J connectivity index is 2.17. The first-order valence-corrected chi connectivity index (χ1v) is 6.19. The molecule has 4 nitrogen and oxygen atoms in total. The maximum absolute atomic E-state index is 12.3. The number of amides is 1. The minimum atomic E-state index is 0.0683. The van der Waals surface area contributed by atoms with Crippen LogP contribution in [0.1, 0.15) is 36.5 Å². The molecule has 1 aliphatic rings. The van der Waals surface area contributed by atoms with Crippen molar-refractivity contribution in [3.05, 3.63) is 24.0 Å². The monoisotopic (exact) mass is 233 g/mol. The first kappa shape index (κ1) is 11.9. The first-order chi connectivity index (χ1) is 8.24. The van der Waals surface area contributed by atoms with Crippen molar-refractivity contribution < 1.29 is 4.79 Å². The summed E-state index contributed by atoms with van der Waals surface area (Å²) in [5.74, 6) is 0.0683. The summed E-state index contributed by atoms with van der Waals surface area (Å²) >= 11 is 0. The van der Waals surface area contributed by atoms with Crippen LogP contribution < -0.4 is 5.32 Å². The van der Waals surface area contributed by atoms with Crippen molar-refractivity contribution in [2.75, 3.05) is 18.9 Å². The van der Waals surface area contributed by atoms with Gasteiger partial charge in [0.1, 0.15) is 0 Å². The molecular formula is C13H19N3O. The number of anilines is 1. The van der Waals surface area contributed by atoms with Gasteiger partial charge in [-0.05, 0) is 32.3 Å². The van der Waals surface area contributed by atoms with Gasteiger partial charge < -0.3 is 10.2 Å². The van der Waals surface area contributed by atoms with E-state index in [0.29, 0.717) is 11.6 Å². The first-order valence-electron chi connectivity index (χ1n) is 6.19. The minimum Gasteiger partial charge on any atom is -0.385 e. The van der Waals surface area contributed by atoms with Crippen LogP contribution >= 0.6 is 0 Å². The van der Waals surface area contributed by atoms with Crippen LogP contribution in [0.4, 0.5) is 5.69 Å². The smallest absolute Gasteiger partial charge is 0.257 e. The van der Waals surface area contributed by atoms with E-state index < -0.39 is 0 Å². The Morgan fingerprint density at radius 2 is 2.35 bits per heavy atom. The van der Waals surface area contributed by atoms with E-state index in [-0.39, 0.29) is 5.91 Å². The largest absolute Gasteiger partial charge is 0.385 e. The fourth-order valence-corrected chi connectivity index (χ4v) is 2.04. The molecule has 17 heavy (non-hydrogen) atoms. The summed E-state index contributed by atoms with van der Waals surface area (Å²) in [6.45, 7) is 2.82. The zero-order chi connectivity index (χ0) is 12.3. The van der Waals surface area contributed by atoms with E-state index >= 15 is 0 Å². The van der Waals surface area contributed by atoms with Gasteiger partial charge in [-0.2, -0.15) is 0 Å². The van der Waals surface area contributed by atoms with E-state index in [1.807, 2.05) is 24.9 Å². The lowest BCUT2D eigenvalue weighted by Gasteiger charge is -2.35. The van der Waals surface area contributed by atoms with Gasteiger partial charge in [0, 0.05) is 32.0 Å². The Morgan fingerprint density at radius 3 is 2.94 bits per heavy atom. The van der Waals surface area contributed by atoms with Crippen LogP contribution in [0.25, 0.3) is 0 Å². The van der Waals surface area contributed by atoms with E-state index in [1.165, 1.54) is 6.42 Å². The predicted molar refractivity (Wildman–Crippen MR) is 68.1 cm³/mol. The van der Waals surface area contributed by atoms with Crippen LogP contribution in [-0.2, 0) is 0 Å². The van der Waals surface area contributed by atoms with Crippen LogP contribution in [0.3, 0.4) is 0 Å². The van der Waals surface area contributed by atoms with Gasteiger partial charge in [-0.25, -0.2) is 0 Å². The molecule has 1 aromatic heterocycles. The lowest BCUT2D eigenvalue weighted by atomic mass is 9.91. The maximum Gasteiger partial charge on any atom is 0.257 e. The summed E-state index contributed by atoms with van der Waals surface area (Å²) in [5, 5.41) is 3.20. The lowest BCUT2D eigenvalue weighted by Crippen LogP contribution is -2.41. The quantitative estimate of drug-likeness (QED) is 0.866. The van der Waals surface area contributed by atoms with E-state index in [0.717, 1.165) is 25.1 Å². The van der Waals surface area contributed by atoms with Gasteiger partial charge in [-0.1, -0.05) is 0 Å². The number of hydrogen-bond acceptors (Lipinski definition) is 3. The molecule has 1 amide bonds. The molecule has 0 unspecified atom stereocenters. The van der Waals surface area contributed by atoms with Crippen molar-refractivity contribution >= 4 is 11.6 Å². The van der Waals surface area contributed by atoms with Gasteiger partial charge in [0.15, 0.2) is 0 Å². The highest BCUT2D eigenvalue weighted by molar-refractivity contribution is 5.99. The summed E-state index contributed by atoms with van der Waals surface area (Å²) in [5.41, 5.74) is 1.54. The molecule has 0 radical (unpaired) electrons. The summed E-state index contributed by atoms with van der Waals surface area (Å²) in [6, 6.07) is 2.27. The van der Waals surface area contributed by atoms with Crippen molar-refractivity contribution in [3.63, 3.8) is 0 Å². The maximum atomic E-state index is 12.3. The van der Waals surface area contributed by atoms with Crippen molar-refractivity contribution in [2.24, 2.45) is 0 Å². The molecular weight excluding hydrogens is 214 g/mol. The normalized spacial score (nSPS) is 15.2. The van der Waals surface area contributed by atoms with Crippen molar-refractivity contribution in [2.45, 2.75) is 32.2 Å². The average Bonchev–Trinajstić information content (AvgIpc) is 2.27. The molecule has 0 atom stereocenters. The number of pyridine rings is 1. The molecule has 2 rings (SSSR count). The molecule has 92 valence electrons. The summed E-state index contributed by atoms with van der Waals surface area (Å²) in [6.07, 6.45) is 6.83. The second-order valence-corrected chi connectivity index (χ2v) is 4.45. The Hall–Kier alpha value is -1.58. The molecule has 1 aromatic rings. The highest BCUT2D eigenvalue weighted by Crippen LogP contribution is 2.26. The molecule has 0 bridgehead atoms. The molecule has 1 saturated carbocycles. The molecule has 1 N–H and O–H groups in total. The molecule has 0 aromatic carbocycles. The average molecular weight is 233 g/mol. The number of nitrogens with zero attached hydrogens (tertiary/aromatic N) is 2. The Kier molecular flexibility index (Phi) is 3.61. The second-order valence-electron chi connectivity index (χ2n) is 4.45. The van der Waals surface area contributed by atoms with Crippen LogP contribution in [0, 0.1) is 0 Å². The topological polar surface area (TPSA) is 45.2 Å². The zero-order valence-electron chi connectivity index (χ0n) is 10.4. The van der Waals surface area contributed by atoms with Crippen molar-refractivity contribution in [3.8, 4) is 0 Å². The minimum absolute atomic E-state index is 0.0683. The number of carbonyl (C=O) groups excluding carboxylic acids is 1. The van der Waals surface area contributed by atoms with E-state index in [4.69, 9.17) is 0 Å². The summed E-state index contributed by atoms with van der Waals surface area (Å²) in [4.78, 5) is 18.2.